The van der Waals surface area contributed by atoms with E-state index in [4.69, 9.17) is 14.3 Å². The molecule has 1 N–H and O–H groups in total. The SMILES string of the molecule is Cc1ccc([N+](=O)[O-])cc1OCc1ccoc1C(=O)O. The number of carbonyl (C=O) groups is 1. The summed E-state index contributed by atoms with van der Waals surface area (Å²) in [6, 6.07) is 5.73. The molecule has 0 spiro atoms. The van der Waals surface area contributed by atoms with Crippen LogP contribution in [-0.2, 0) is 6.61 Å². The summed E-state index contributed by atoms with van der Waals surface area (Å²) < 4.78 is 10.3. The maximum Gasteiger partial charge on any atom is 0.372 e. The molecule has 0 fully saturated rings. The number of nitro benzene ring substituents is 1. The van der Waals surface area contributed by atoms with Gasteiger partial charge in [0, 0.05) is 11.6 Å². The van der Waals surface area contributed by atoms with Crippen molar-refractivity contribution in [2.45, 2.75) is 13.5 Å². The number of carboxylic acids is 1. The van der Waals surface area contributed by atoms with Crippen LogP contribution < -0.4 is 4.74 Å². The van der Waals surface area contributed by atoms with Crippen molar-refractivity contribution in [3.8, 4) is 5.75 Å². The van der Waals surface area contributed by atoms with Crippen molar-refractivity contribution < 1.29 is 24.0 Å². The maximum absolute atomic E-state index is 10.9. The number of aromatic carboxylic acids is 1. The fraction of sp³-hybridized carbons (Fsp3) is 0.154. The van der Waals surface area contributed by atoms with Gasteiger partial charge in [0.15, 0.2) is 0 Å². The van der Waals surface area contributed by atoms with Gasteiger partial charge < -0.3 is 14.3 Å². The minimum atomic E-state index is -1.19. The number of hydrogen-bond acceptors (Lipinski definition) is 5. The fourth-order valence-electron chi connectivity index (χ4n) is 1.65. The Morgan fingerprint density at radius 2 is 2.20 bits per heavy atom. The smallest absolute Gasteiger partial charge is 0.372 e. The molecule has 1 heterocycles. The first-order valence-electron chi connectivity index (χ1n) is 5.66. The molecule has 2 rings (SSSR count). The first kappa shape index (κ1) is 13.6. The first-order valence-corrected chi connectivity index (χ1v) is 5.66. The number of nitro groups is 1. The predicted octanol–water partition coefficient (Wildman–Crippen LogP) is 2.77. The van der Waals surface area contributed by atoms with Crippen LogP contribution in [0.25, 0.3) is 0 Å². The van der Waals surface area contributed by atoms with Crippen LogP contribution in [-0.4, -0.2) is 16.0 Å². The summed E-state index contributed by atoms with van der Waals surface area (Å²) in [7, 11) is 0. The van der Waals surface area contributed by atoms with Gasteiger partial charge in [0.25, 0.3) is 5.69 Å². The van der Waals surface area contributed by atoms with Crippen molar-refractivity contribution in [3.63, 3.8) is 0 Å². The molecule has 0 radical (unpaired) electrons. The van der Waals surface area contributed by atoms with E-state index in [9.17, 15) is 14.9 Å². The van der Waals surface area contributed by atoms with Gasteiger partial charge in [-0.05, 0) is 24.6 Å². The van der Waals surface area contributed by atoms with Crippen molar-refractivity contribution in [3.05, 3.63) is 57.5 Å². The van der Waals surface area contributed by atoms with Crippen LogP contribution in [0.3, 0.4) is 0 Å². The van der Waals surface area contributed by atoms with Crippen molar-refractivity contribution in [2.75, 3.05) is 0 Å². The molecule has 0 saturated heterocycles. The summed E-state index contributed by atoms with van der Waals surface area (Å²) in [6.45, 7) is 1.70. The lowest BCUT2D eigenvalue weighted by atomic mass is 10.2. The zero-order valence-electron chi connectivity index (χ0n) is 10.5. The Kier molecular flexibility index (Phi) is 3.69. The Labute approximate surface area is 113 Å². The quantitative estimate of drug-likeness (QED) is 0.665. The molecule has 104 valence electrons. The predicted molar refractivity (Wildman–Crippen MR) is 67.8 cm³/mol. The molecule has 0 aliphatic heterocycles. The summed E-state index contributed by atoms with van der Waals surface area (Å²) in [5, 5.41) is 19.6. The highest BCUT2D eigenvalue weighted by molar-refractivity contribution is 5.86. The number of rotatable bonds is 5. The monoisotopic (exact) mass is 277 g/mol. The standard InChI is InChI=1S/C13H11NO6/c1-8-2-3-10(14(17)18)6-11(8)20-7-9-4-5-19-12(9)13(15)16/h2-6H,7H2,1H3,(H,15,16). The van der Waals surface area contributed by atoms with Crippen LogP contribution in [0.15, 0.2) is 34.9 Å². The summed E-state index contributed by atoms with van der Waals surface area (Å²) in [4.78, 5) is 21.0. The average Bonchev–Trinajstić information content (AvgIpc) is 2.86. The number of nitrogens with zero attached hydrogens (tertiary/aromatic N) is 1. The minimum absolute atomic E-state index is 0.0415. The molecular weight excluding hydrogens is 266 g/mol. The second-order valence-electron chi connectivity index (χ2n) is 4.08. The third-order valence-electron chi connectivity index (χ3n) is 2.71. The molecule has 1 aromatic heterocycles. The van der Waals surface area contributed by atoms with E-state index in [-0.39, 0.29) is 18.1 Å². The average molecular weight is 277 g/mol. The Morgan fingerprint density at radius 3 is 2.85 bits per heavy atom. The molecule has 0 bridgehead atoms. The number of aryl methyl sites for hydroxylation is 1. The molecule has 0 saturated carbocycles. The van der Waals surface area contributed by atoms with Gasteiger partial charge in [0.1, 0.15) is 12.4 Å². The van der Waals surface area contributed by atoms with E-state index in [1.165, 1.54) is 24.5 Å². The topological polar surface area (TPSA) is 103 Å². The van der Waals surface area contributed by atoms with Crippen molar-refractivity contribution >= 4 is 11.7 Å². The Balaban J connectivity index is 2.18. The van der Waals surface area contributed by atoms with Crippen LogP contribution in [0.5, 0.6) is 5.75 Å². The number of furan rings is 1. The summed E-state index contributed by atoms with van der Waals surface area (Å²) in [6.07, 6.45) is 1.25. The molecule has 7 heteroatoms. The van der Waals surface area contributed by atoms with Gasteiger partial charge in [0.2, 0.25) is 5.76 Å². The zero-order chi connectivity index (χ0) is 14.7. The minimum Gasteiger partial charge on any atom is -0.488 e. The van der Waals surface area contributed by atoms with Gasteiger partial charge in [-0.15, -0.1) is 0 Å². The van der Waals surface area contributed by atoms with Crippen LogP contribution in [0.4, 0.5) is 5.69 Å². The van der Waals surface area contributed by atoms with E-state index in [1.54, 1.807) is 13.0 Å². The van der Waals surface area contributed by atoms with Gasteiger partial charge in [0.05, 0.1) is 17.3 Å². The van der Waals surface area contributed by atoms with Crippen molar-refractivity contribution in [1.82, 2.24) is 0 Å². The highest BCUT2D eigenvalue weighted by Crippen LogP contribution is 2.25. The Hall–Kier alpha value is -2.83. The van der Waals surface area contributed by atoms with Crippen molar-refractivity contribution in [2.24, 2.45) is 0 Å². The largest absolute Gasteiger partial charge is 0.488 e. The molecule has 0 aliphatic carbocycles. The van der Waals surface area contributed by atoms with E-state index in [2.05, 4.69) is 0 Å². The molecule has 0 atom stereocenters. The number of benzene rings is 1. The molecule has 0 unspecified atom stereocenters. The summed E-state index contributed by atoms with van der Waals surface area (Å²) in [5.74, 6) is -1.06. The summed E-state index contributed by atoms with van der Waals surface area (Å²) >= 11 is 0. The first-order chi connectivity index (χ1) is 9.49. The van der Waals surface area contributed by atoms with Gasteiger partial charge in [-0.25, -0.2) is 4.79 Å². The Morgan fingerprint density at radius 1 is 1.45 bits per heavy atom. The number of non-ortho nitro benzene ring substituents is 1. The third-order valence-corrected chi connectivity index (χ3v) is 2.71. The van der Waals surface area contributed by atoms with E-state index >= 15 is 0 Å². The van der Waals surface area contributed by atoms with E-state index in [0.717, 1.165) is 5.56 Å². The van der Waals surface area contributed by atoms with Crippen LogP contribution in [0.1, 0.15) is 21.7 Å². The van der Waals surface area contributed by atoms with Crippen LogP contribution in [0.2, 0.25) is 0 Å². The van der Waals surface area contributed by atoms with Gasteiger partial charge in [-0.3, -0.25) is 10.1 Å². The molecule has 2 aromatic rings. The number of hydrogen-bond donors (Lipinski definition) is 1. The normalized spacial score (nSPS) is 10.2. The molecular formula is C13H11NO6. The molecule has 7 nitrogen and oxygen atoms in total. The lowest BCUT2D eigenvalue weighted by molar-refractivity contribution is -0.385. The number of ether oxygens (including phenoxy) is 1. The molecule has 0 aliphatic rings. The highest BCUT2D eigenvalue weighted by atomic mass is 16.6. The van der Waals surface area contributed by atoms with Crippen molar-refractivity contribution in [1.29, 1.82) is 0 Å². The van der Waals surface area contributed by atoms with Gasteiger partial charge in [-0.2, -0.15) is 0 Å². The second kappa shape index (κ2) is 5.43. The highest BCUT2D eigenvalue weighted by Gasteiger charge is 2.15. The van der Waals surface area contributed by atoms with E-state index < -0.39 is 10.9 Å². The van der Waals surface area contributed by atoms with E-state index in [1.807, 2.05) is 0 Å². The number of carboxylic acid groups (broad SMARTS) is 1. The molecule has 0 amide bonds. The zero-order valence-corrected chi connectivity index (χ0v) is 10.5. The molecule has 20 heavy (non-hydrogen) atoms. The Bertz CT molecular complexity index is 661. The molecule has 1 aromatic carbocycles. The van der Waals surface area contributed by atoms with Crippen LogP contribution >= 0.6 is 0 Å². The maximum atomic E-state index is 10.9. The van der Waals surface area contributed by atoms with E-state index in [0.29, 0.717) is 11.3 Å². The van der Waals surface area contributed by atoms with Crippen LogP contribution in [0, 0.1) is 17.0 Å². The lowest BCUT2D eigenvalue weighted by Gasteiger charge is -2.08. The van der Waals surface area contributed by atoms with Gasteiger partial charge in [-0.1, -0.05) is 0 Å². The lowest BCUT2D eigenvalue weighted by Crippen LogP contribution is -2.03. The third kappa shape index (κ3) is 2.77. The second-order valence-corrected chi connectivity index (χ2v) is 4.08. The summed E-state index contributed by atoms with van der Waals surface area (Å²) in [5.41, 5.74) is 0.996. The van der Waals surface area contributed by atoms with Gasteiger partial charge >= 0.3 is 5.97 Å². The fourth-order valence-corrected chi connectivity index (χ4v) is 1.65.